The molecule has 116 valence electrons. The number of amides is 3. The van der Waals surface area contributed by atoms with Gasteiger partial charge in [-0.05, 0) is 13.8 Å². The Hall–Kier alpha value is -2.58. The van der Waals surface area contributed by atoms with Gasteiger partial charge in [0.2, 0.25) is 5.91 Å². The lowest BCUT2D eigenvalue weighted by Crippen LogP contribution is -2.50. The van der Waals surface area contributed by atoms with Crippen LogP contribution in [0.25, 0.3) is 0 Å². The zero-order valence-corrected chi connectivity index (χ0v) is 11.8. The van der Waals surface area contributed by atoms with Crippen LogP contribution in [0.3, 0.4) is 0 Å². The summed E-state index contributed by atoms with van der Waals surface area (Å²) in [6.45, 7) is 3.16. The molecule has 0 bridgehead atoms. The minimum atomic E-state index is -1.17. The second-order valence-corrected chi connectivity index (χ2v) is 5.25. The van der Waals surface area contributed by atoms with Crippen LogP contribution in [-0.4, -0.2) is 45.6 Å². The standard InChI is InChI=1S/C12H19N5O4/c1-12(2,10(13)20)5-15-11(21)17-8(9(18)19)3-7-4-14-6-16-7/h4,6,8H,3,5H2,1-2H3,(H2,13,20)(H,14,16)(H,18,19)(H2,15,17,21)/t8-/m1/s1. The summed E-state index contributed by atoms with van der Waals surface area (Å²) in [6, 6.07) is -1.79. The first-order valence-electron chi connectivity index (χ1n) is 6.26. The number of rotatable bonds is 7. The third-order valence-corrected chi connectivity index (χ3v) is 2.94. The number of carboxylic acids is 1. The molecule has 0 saturated heterocycles. The van der Waals surface area contributed by atoms with E-state index in [9.17, 15) is 14.4 Å². The van der Waals surface area contributed by atoms with Gasteiger partial charge in [-0.3, -0.25) is 4.79 Å². The molecule has 0 spiro atoms. The number of hydrogen-bond acceptors (Lipinski definition) is 4. The zero-order valence-electron chi connectivity index (χ0n) is 11.8. The number of primary amides is 1. The van der Waals surface area contributed by atoms with Crippen molar-refractivity contribution in [3.63, 3.8) is 0 Å². The van der Waals surface area contributed by atoms with E-state index in [0.717, 1.165) is 0 Å². The molecule has 0 unspecified atom stereocenters. The number of carbonyl (C=O) groups is 3. The lowest BCUT2D eigenvalue weighted by molar-refractivity contribution is -0.139. The molecule has 0 aliphatic carbocycles. The van der Waals surface area contributed by atoms with Gasteiger partial charge in [0, 0.05) is 24.9 Å². The highest BCUT2D eigenvalue weighted by atomic mass is 16.4. The maximum atomic E-state index is 11.7. The van der Waals surface area contributed by atoms with E-state index in [1.54, 1.807) is 13.8 Å². The SMILES string of the molecule is CC(C)(CNC(=O)N[C@H](Cc1cnc[nH]1)C(=O)O)C(N)=O. The van der Waals surface area contributed by atoms with Crippen molar-refractivity contribution < 1.29 is 19.5 Å². The van der Waals surface area contributed by atoms with Crippen molar-refractivity contribution in [1.82, 2.24) is 20.6 Å². The molecule has 9 heteroatoms. The van der Waals surface area contributed by atoms with Gasteiger partial charge in [0.05, 0.1) is 11.7 Å². The van der Waals surface area contributed by atoms with E-state index in [1.807, 2.05) is 0 Å². The van der Waals surface area contributed by atoms with Crippen LogP contribution in [0, 0.1) is 5.41 Å². The first-order chi connectivity index (χ1) is 9.72. The highest BCUT2D eigenvalue weighted by Gasteiger charge is 2.27. The number of aromatic amines is 1. The molecular weight excluding hydrogens is 278 g/mol. The summed E-state index contributed by atoms with van der Waals surface area (Å²) in [4.78, 5) is 40.5. The Morgan fingerprint density at radius 2 is 2.14 bits per heavy atom. The van der Waals surface area contributed by atoms with Gasteiger partial charge >= 0.3 is 12.0 Å². The molecule has 1 aromatic rings. The van der Waals surface area contributed by atoms with Crippen LogP contribution < -0.4 is 16.4 Å². The number of urea groups is 1. The van der Waals surface area contributed by atoms with Gasteiger partial charge in [-0.1, -0.05) is 0 Å². The maximum absolute atomic E-state index is 11.7. The number of H-pyrrole nitrogens is 1. The van der Waals surface area contributed by atoms with Crippen LogP contribution in [0.15, 0.2) is 12.5 Å². The number of hydrogen-bond donors (Lipinski definition) is 5. The number of aliphatic carboxylic acids is 1. The number of carbonyl (C=O) groups excluding carboxylic acids is 2. The molecule has 6 N–H and O–H groups in total. The van der Waals surface area contributed by atoms with E-state index in [-0.39, 0.29) is 13.0 Å². The van der Waals surface area contributed by atoms with E-state index in [0.29, 0.717) is 5.69 Å². The molecule has 1 rings (SSSR count). The third kappa shape index (κ3) is 5.13. The number of aromatic nitrogens is 2. The van der Waals surface area contributed by atoms with Crippen LogP contribution in [0.2, 0.25) is 0 Å². The first kappa shape index (κ1) is 16.5. The second kappa shape index (κ2) is 6.73. The second-order valence-electron chi connectivity index (χ2n) is 5.25. The summed E-state index contributed by atoms with van der Waals surface area (Å²) in [5.41, 5.74) is 4.85. The van der Waals surface area contributed by atoms with E-state index in [1.165, 1.54) is 12.5 Å². The highest BCUT2D eigenvalue weighted by molar-refractivity contribution is 5.84. The number of nitrogens with one attached hydrogen (secondary N) is 3. The highest BCUT2D eigenvalue weighted by Crippen LogP contribution is 2.11. The number of carboxylic acid groups (broad SMARTS) is 1. The normalized spacial score (nSPS) is 12.5. The monoisotopic (exact) mass is 297 g/mol. The van der Waals surface area contributed by atoms with E-state index in [4.69, 9.17) is 10.8 Å². The fourth-order valence-corrected chi connectivity index (χ4v) is 1.41. The van der Waals surface area contributed by atoms with Crippen molar-refractivity contribution >= 4 is 17.9 Å². The van der Waals surface area contributed by atoms with Gasteiger partial charge in [-0.2, -0.15) is 0 Å². The predicted molar refractivity (Wildman–Crippen MR) is 73.2 cm³/mol. The average molecular weight is 297 g/mol. The summed E-state index contributed by atoms with van der Waals surface area (Å²) < 4.78 is 0. The predicted octanol–water partition coefficient (Wildman–Crippen LogP) is -0.784. The molecule has 0 aliphatic rings. The summed E-state index contributed by atoms with van der Waals surface area (Å²) in [7, 11) is 0. The maximum Gasteiger partial charge on any atom is 0.326 e. The minimum absolute atomic E-state index is 0.00453. The quantitative estimate of drug-likeness (QED) is 0.447. The Bertz CT molecular complexity index is 512. The number of nitrogens with two attached hydrogens (primary N) is 1. The van der Waals surface area contributed by atoms with Gasteiger partial charge in [0.1, 0.15) is 6.04 Å². The van der Waals surface area contributed by atoms with Crippen molar-refractivity contribution in [2.45, 2.75) is 26.3 Å². The molecule has 0 radical (unpaired) electrons. The van der Waals surface area contributed by atoms with Crippen molar-refractivity contribution in [2.24, 2.45) is 11.1 Å². The average Bonchev–Trinajstić information content (AvgIpc) is 2.88. The minimum Gasteiger partial charge on any atom is -0.480 e. The van der Waals surface area contributed by atoms with Crippen LogP contribution in [-0.2, 0) is 16.0 Å². The molecule has 9 nitrogen and oxygen atoms in total. The topological polar surface area (TPSA) is 150 Å². The Morgan fingerprint density at radius 3 is 2.62 bits per heavy atom. The first-order valence-corrected chi connectivity index (χ1v) is 6.26. The van der Waals surface area contributed by atoms with Gasteiger partial charge in [-0.25, -0.2) is 14.6 Å². The lowest BCUT2D eigenvalue weighted by Gasteiger charge is -2.22. The van der Waals surface area contributed by atoms with Gasteiger partial charge in [0.25, 0.3) is 0 Å². The number of imidazole rings is 1. The Balaban J connectivity index is 2.53. The summed E-state index contributed by atoms with van der Waals surface area (Å²) in [5.74, 6) is -1.73. The van der Waals surface area contributed by atoms with E-state index in [2.05, 4.69) is 20.6 Å². The molecule has 0 aliphatic heterocycles. The molecule has 0 fully saturated rings. The Kier molecular flexibility index (Phi) is 5.28. The van der Waals surface area contributed by atoms with Crippen LogP contribution in [0.4, 0.5) is 4.79 Å². The smallest absolute Gasteiger partial charge is 0.326 e. The van der Waals surface area contributed by atoms with Crippen molar-refractivity contribution in [3.05, 3.63) is 18.2 Å². The van der Waals surface area contributed by atoms with Crippen LogP contribution >= 0.6 is 0 Å². The summed E-state index contributed by atoms with van der Waals surface area (Å²) in [6.07, 6.45) is 2.97. The van der Waals surface area contributed by atoms with Crippen LogP contribution in [0.5, 0.6) is 0 Å². The van der Waals surface area contributed by atoms with E-state index < -0.39 is 29.4 Å². The Morgan fingerprint density at radius 1 is 1.48 bits per heavy atom. The van der Waals surface area contributed by atoms with E-state index >= 15 is 0 Å². The Labute approximate surface area is 121 Å². The van der Waals surface area contributed by atoms with Crippen molar-refractivity contribution in [1.29, 1.82) is 0 Å². The largest absolute Gasteiger partial charge is 0.480 e. The molecule has 0 saturated carbocycles. The molecule has 21 heavy (non-hydrogen) atoms. The number of nitrogens with zero attached hydrogens (tertiary/aromatic N) is 1. The van der Waals surface area contributed by atoms with Gasteiger partial charge in [-0.15, -0.1) is 0 Å². The zero-order chi connectivity index (χ0) is 16.0. The van der Waals surface area contributed by atoms with Gasteiger partial charge < -0.3 is 26.5 Å². The molecule has 1 heterocycles. The molecule has 3 amide bonds. The molecule has 1 atom stereocenters. The molecular formula is C12H19N5O4. The van der Waals surface area contributed by atoms with Crippen LogP contribution in [0.1, 0.15) is 19.5 Å². The summed E-state index contributed by atoms with van der Waals surface area (Å²) in [5, 5.41) is 13.8. The van der Waals surface area contributed by atoms with Crippen molar-refractivity contribution in [3.8, 4) is 0 Å². The molecule has 1 aromatic heterocycles. The van der Waals surface area contributed by atoms with Crippen molar-refractivity contribution in [2.75, 3.05) is 6.54 Å². The lowest BCUT2D eigenvalue weighted by atomic mass is 9.93. The van der Waals surface area contributed by atoms with Gasteiger partial charge in [0.15, 0.2) is 0 Å². The summed E-state index contributed by atoms with van der Waals surface area (Å²) >= 11 is 0. The third-order valence-electron chi connectivity index (χ3n) is 2.94. The molecule has 0 aromatic carbocycles. The fourth-order valence-electron chi connectivity index (χ4n) is 1.41. The fraction of sp³-hybridized carbons (Fsp3) is 0.500.